The Kier molecular flexibility index (Phi) is 5.33. The van der Waals surface area contributed by atoms with Gasteiger partial charge in [-0.15, -0.1) is 0 Å². The smallest absolute Gasteiger partial charge is 0.227 e. The molecule has 1 saturated heterocycles. The van der Waals surface area contributed by atoms with E-state index in [-0.39, 0.29) is 11.8 Å². The number of hydrogen-bond acceptors (Lipinski definition) is 3. The van der Waals surface area contributed by atoms with Crippen LogP contribution in [0.5, 0.6) is 0 Å². The van der Waals surface area contributed by atoms with Gasteiger partial charge in [0.05, 0.1) is 6.10 Å². The molecule has 0 aromatic heterocycles. The van der Waals surface area contributed by atoms with Crippen LogP contribution in [0.2, 0.25) is 0 Å². The Morgan fingerprint density at radius 3 is 2.67 bits per heavy atom. The zero-order valence-corrected chi connectivity index (χ0v) is 12.3. The van der Waals surface area contributed by atoms with Crippen LogP contribution in [0.1, 0.15) is 38.2 Å². The van der Waals surface area contributed by atoms with Crippen molar-refractivity contribution >= 4 is 17.5 Å². The van der Waals surface area contributed by atoms with Crippen LogP contribution in [-0.2, 0) is 16.1 Å². The highest BCUT2D eigenvalue weighted by Gasteiger charge is 2.21. The minimum atomic E-state index is -0.451. The van der Waals surface area contributed by atoms with E-state index in [1.54, 1.807) is 11.8 Å². The van der Waals surface area contributed by atoms with Crippen LogP contribution in [0, 0.1) is 0 Å². The van der Waals surface area contributed by atoms with E-state index in [2.05, 4.69) is 5.32 Å². The Labute approximate surface area is 125 Å². The molecular weight excluding hydrogens is 268 g/mol. The Bertz CT molecular complexity index is 497. The Balaban J connectivity index is 1.82. The van der Waals surface area contributed by atoms with Crippen molar-refractivity contribution in [2.45, 2.75) is 45.3 Å². The molecule has 5 nitrogen and oxygen atoms in total. The topological polar surface area (TPSA) is 69.6 Å². The summed E-state index contributed by atoms with van der Waals surface area (Å²) in [5, 5.41) is 12.0. The maximum absolute atomic E-state index is 11.7. The average molecular weight is 290 g/mol. The normalized spacial score (nSPS) is 16.1. The van der Waals surface area contributed by atoms with Gasteiger partial charge >= 0.3 is 0 Å². The van der Waals surface area contributed by atoms with Crippen molar-refractivity contribution in [3.05, 3.63) is 29.8 Å². The van der Waals surface area contributed by atoms with Gasteiger partial charge in [0.1, 0.15) is 0 Å². The zero-order valence-electron chi connectivity index (χ0n) is 12.3. The molecule has 0 saturated carbocycles. The van der Waals surface area contributed by atoms with Gasteiger partial charge in [0.2, 0.25) is 11.8 Å². The highest BCUT2D eigenvalue weighted by atomic mass is 16.3. The summed E-state index contributed by atoms with van der Waals surface area (Å²) in [6.45, 7) is 2.92. The van der Waals surface area contributed by atoms with Gasteiger partial charge < -0.3 is 15.3 Å². The summed E-state index contributed by atoms with van der Waals surface area (Å²) in [5.74, 6) is 0.115. The van der Waals surface area contributed by atoms with Crippen molar-refractivity contribution in [2.24, 2.45) is 0 Å². The lowest BCUT2D eigenvalue weighted by Crippen LogP contribution is -2.24. The summed E-state index contributed by atoms with van der Waals surface area (Å²) in [4.78, 5) is 25.0. The number of hydrogen-bond donors (Lipinski definition) is 2. The highest BCUT2D eigenvalue weighted by Crippen LogP contribution is 2.21. The molecule has 2 amide bonds. The standard InChI is InChI=1S/C16H22N2O3/c1-12(19)4-9-15(20)17-11-13-5-7-14(8-6-13)18-10-2-3-16(18)21/h5-8,12,19H,2-4,9-11H2,1H3,(H,17,20). The molecule has 1 aliphatic rings. The van der Waals surface area contributed by atoms with Gasteiger partial charge in [0, 0.05) is 31.6 Å². The van der Waals surface area contributed by atoms with Crippen LogP contribution < -0.4 is 10.2 Å². The van der Waals surface area contributed by atoms with Crippen molar-refractivity contribution in [1.82, 2.24) is 5.32 Å². The number of carbonyl (C=O) groups excluding carboxylic acids is 2. The summed E-state index contributed by atoms with van der Waals surface area (Å²) in [6.07, 6.45) is 1.90. The molecule has 1 unspecified atom stereocenters. The first-order valence-corrected chi connectivity index (χ1v) is 7.40. The predicted molar refractivity (Wildman–Crippen MR) is 80.8 cm³/mol. The third-order valence-electron chi connectivity index (χ3n) is 3.60. The summed E-state index contributed by atoms with van der Waals surface area (Å²) < 4.78 is 0. The quantitative estimate of drug-likeness (QED) is 0.836. The van der Waals surface area contributed by atoms with Crippen molar-refractivity contribution in [1.29, 1.82) is 0 Å². The van der Waals surface area contributed by atoms with Gasteiger partial charge in [0.25, 0.3) is 0 Å². The number of aliphatic hydroxyl groups excluding tert-OH is 1. The molecule has 0 bridgehead atoms. The molecule has 2 rings (SSSR count). The van der Waals surface area contributed by atoms with Gasteiger partial charge in [-0.1, -0.05) is 12.1 Å². The first-order chi connectivity index (χ1) is 10.1. The Hall–Kier alpha value is -1.88. The molecule has 0 radical (unpaired) electrons. The predicted octanol–water partition coefficient (Wildman–Crippen LogP) is 1.59. The van der Waals surface area contributed by atoms with E-state index in [0.29, 0.717) is 25.8 Å². The third kappa shape index (κ3) is 4.56. The molecule has 1 aliphatic heterocycles. The van der Waals surface area contributed by atoms with Gasteiger partial charge in [-0.25, -0.2) is 0 Å². The fourth-order valence-corrected chi connectivity index (χ4v) is 2.34. The number of benzene rings is 1. The molecule has 2 N–H and O–H groups in total. The fraction of sp³-hybridized carbons (Fsp3) is 0.500. The van der Waals surface area contributed by atoms with Crippen LogP contribution in [0.25, 0.3) is 0 Å². The lowest BCUT2D eigenvalue weighted by molar-refractivity contribution is -0.121. The van der Waals surface area contributed by atoms with E-state index in [1.807, 2.05) is 24.3 Å². The van der Waals surface area contributed by atoms with E-state index >= 15 is 0 Å². The summed E-state index contributed by atoms with van der Waals surface area (Å²) >= 11 is 0. The highest BCUT2D eigenvalue weighted by molar-refractivity contribution is 5.95. The van der Waals surface area contributed by atoms with E-state index in [4.69, 9.17) is 5.11 Å². The Morgan fingerprint density at radius 1 is 1.38 bits per heavy atom. The lowest BCUT2D eigenvalue weighted by atomic mass is 10.2. The number of nitrogens with zero attached hydrogens (tertiary/aromatic N) is 1. The fourth-order valence-electron chi connectivity index (χ4n) is 2.34. The Morgan fingerprint density at radius 2 is 2.10 bits per heavy atom. The van der Waals surface area contributed by atoms with Gasteiger partial charge in [0.15, 0.2) is 0 Å². The maximum Gasteiger partial charge on any atom is 0.227 e. The molecule has 0 aliphatic carbocycles. The molecule has 0 spiro atoms. The molecule has 5 heteroatoms. The van der Waals surface area contributed by atoms with Gasteiger partial charge in [-0.2, -0.15) is 0 Å². The van der Waals surface area contributed by atoms with Crippen molar-refractivity contribution in [3.8, 4) is 0 Å². The number of anilines is 1. The largest absolute Gasteiger partial charge is 0.393 e. The zero-order chi connectivity index (χ0) is 15.2. The molecule has 1 atom stereocenters. The van der Waals surface area contributed by atoms with Crippen LogP contribution >= 0.6 is 0 Å². The molecule has 1 heterocycles. The van der Waals surface area contributed by atoms with E-state index in [1.165, 1.54) is 0 Å². The monoisotopic (exact) mass is 290 g/mol. The van der Waals surface area contributed by atoms with Crippen LogP contribution in [0.3, 0.4) is 0 Å². The molecule has 1 aromatic carbocycles. The van der Waals surface area contributed by atoms with E-state index in [9.17, 15) is 9.59 Å². The molecule has 1 fully saturated rings. The molecule has 21 heavy (non-hydrogen) atoms. The van der Waals surface area contributed by atoms with Gasteiger partial charge in [-0.3, -0.25) is 9.59 Å². The van der Waals surface area contributed by atoms with Crippen molar-refractivity contribution in [3.63, 3.8) is 0 Å². The maximum atomic E-state index is 11.7. The number of carbonyl (C=O) groups is 2. The third-order valence-corrected chi connectivity index (χ3v) is 3.60. The average Bonchev–Trinajstić information content (AvgIpc) is 2.89. The number of rotatable bonds is 6. The number of amides is 2. The second-order valence-electron chi connectivity index (χ2n) is 5.48. The second-order valence-corrected chi connectivity index (χ2v) is 5.48. The van der Waals surface area contributed by atoms with E-state index in [0.717, 1.165) is 24.2 Å². The number of nitrogens with one attached hydrogen (secondary N) is 1. The van der Waals surface area contributed by atoms with Gasteiger partial charge in [-0.05, 0) is 37.5 Å². The molecular formula is C16H22N2O3. The first kappa shape index (κ1) is 15.5. The SMILES string of the molecule is CC(O)CCC(=O)NCc1ccc(N2CCCC2=O)cc1. The summed E-state index contributed by atoms with van der Waals surface area (Å²) in [6, 6.07) is 7.69. The van der Waals surface area contributed by atoms with Crippen molar-refractivity contribution in [2.75, 3.05) is 11.4 Å². The minimum absolute atomic E-state index is 0.0605. The van der Waals surface area contributed by atoms with Crippen LogP contribution in [0.4, 0.5) is 5.69 Å². The van der Waals surface area contributed by atoms with Crippen LogP contribution in [-0.4, -0.2) is 29.6 Å². The second kappa shape index (κ2) is 7.22. The summed E-state index contributed by atoms with van der Waals surface area (Å²) in [7, 11) is 0. The van der Waals surface area contributed by atoms with Crippen molar-refractivity contribution < 1.29 is 14.7 Å². The lowest BCUT2D eigenvalue weighted by Gasteiger charge is -2.16. The molecule has 1 aromatic rings. The first-order valence-electron chi connectivity index (χ1n) is 7.40. The van der Waals surface area contributed by atoms with E-state index < -0.39 is 6.10 Å². The number of aliphatic hydroxyl groups is 1. The minimum Gasteiger partial charge on any atom is -0.393 e. The van der Waals surface area contributed by atoms with Crippen LogP contribution in [0.15, 0.2) is 24.3 Å². The summed E-state index contributed by atoms with van der Waals surface area (Å²) in [5.41, 5.74) is 1.91. The molecule has 114 valence electrons.